The summed E-state index contributed by atoms with van der Waals surface area (Å²) in [7, 11) is 0.987. The van der Waals surface area contributed by atoms with Crippen molar-refractivity contribution in [1.82, 2.24) is 0 Å². The van der Waals surface area contributed by atoms with E-state index in [1.807, 2.05) is 0 Å². The zero-order chi connectivity index (χ0) is 15.4. The summed E-state index contributed by atoms with van der Waals surface area (Å²) in [6.45, 7) is 4.69. The molecular formula is C21H27P. The zero-order valence-corrected chi connectivity index (χ0v) is 14.8. The van der Waals surface area contributed by atoms with Crippen molar-refractivity contribution >= 4 is 13.9 Å². The summed E-state index contributed by atoms with van der Waals surface area (Å²) in [5, 5.41) is 1.61. The SMILES string of the molecule is CC(C)c1c(PC2CCCCC2)cccc1-c1ccccc1. The molecule has 0 heterocycles. The summed E-state index contributed by atoms with van der Waals surface area (Å²) in [4.78, 5) is 0. The molecule has 2 aromatic rings. The Labute approximate surface area is 137 Å². The number of benzene rings is 2. The maximum Gasteiger partial charge on any atom is -0.0143 e. The zero-order valence-electron chi connectivity index (χ0n) is 13.8. The fraction of sp³-hybridized carbons (Fsp3) is 0.429. The van der Waals surface area contributed by atoms with E-state index >= 15 is 0 Å². The van der Waals surface area contributed by atoms with Crippen molar-refractivity contribution in [2.75, 3.05) is 0 Å². The molecule has 116 valence electrons. The van der Waals surface area contributed by atoms with Crippen LogP contribution in [0.4, 0.5) is 0 Å². The van der Waals surface area contributed by atoms with Crippen molar-refractivity contribution in [3.8, 4) is 11.1 Å². The first kappa shape index (κ1) is 15.8. The summed E-state index contributed by atoms with van der Waals surface area (Å²) in [6, 6.07) is 17.8. The second kappa shape index (κ2) is 7.42. The van der Waals surface area contributed by atoms with Gasteiger partial charge in [0.25, 0.3) is 0 Å². The van der Waals surface area contributed by atoms with Crippen LogP contribution in [0.25, 0.3) is 11.1 Å². The molecule has 1 aliphatic carbocycles. The van der Waals surface area contributed by atoms with Crippen LogP contribution in [0.1, 0.15) is 57.4 Å². The average Bonchev–Trinajstić information content (AvgIpc) is 2.56. The molecule has 0 spiro atoms. The lowest BCUT2D eigenvalue weighted by molar-refractivity contribution is 0.514. The van der Waals surface area contributed by atoms with Gasteiger partial charge in [-0.25, -0.2) is 0 Å². The fourth-order valence-corrected chi connectivity index (χ4v) is 5.56. The van der Waals surface area contributed by atoms with E-state index in [2.05, 4.69) is 62.4 Å². The topological polar surface area (TPSA) is 0 Å². The molecule has 0 N–H and O–H groups in total. The Balaban J connectivity index is 1.96. The standard InChI is InChI=1S/C21H27P/c1-16(2)21-19(17-10-5-3-6-11-17)14-9-15-20(21)22-18-12-7-4-8-13-18/h3,5-6,9-11,14-16,18,22H,4,7-8,12-13H2,1-2H3. The Morgan fingerprint density at radius 3 is 2.27 bits per heavy atom. The van der Waals surface area contributed by atoms with Crippen LogP contribution < -0.4 is 5.30 Å². The third-order valence-electron chi connectivity index (χ3n) is 4.73. The molecule has 1 aliphatic rings. The van der Waals surface area contributed by atoms with Crippen LogP contribution in [0, 0.1) is 0 Å². The summed E-state index contributed by atoms with van der Waals surface area (Å²) in [5.74, 6) is 0.586. The van der Waals surface area contributed by atoms with Crippen molar-refractivity contribution < 1.29 is 0 Å². The van der Waals surface area contributed by atoms with Gasteiger partial charge in [0.2, 0.25) is 0 Å². The molecule has 1 atom stereocenters. The lowest BCUT2D eigenvalue weighted by Crippen LogP contribution is -2.15. The highest BCUT2D eigenvalue weighted by Crippen LogP contribution is 2.37. The van der Waals surface area contributed by atoms with Gasteiger partial charge in [-0.1, -0.05) is 90.2 Å². The molecule has 1 heteroatoms. The van der Waals surface area contributed by atoms with Gasteiger partial charge in [0, 0.05) is 0 Å². The summed E-state index contributed by atoms with van der Waals surface area (Å²) < 4.78 is 0. The molecule has 0 bridgehead atoms. The first-order chi connectivity index (χ1) is 10.8. The van der Waals surface area contributed by atoms with E-state index in [1.165, 1.54) is 43.2 Å². The largest absolute Gasteiger partial charge is 0.0869 e. The molecule has 3 rings (SSSR count). The number of hydrogen-bond acceptors (Lipinski definition) is 0. The van der Waals surface area contributed by atoms with Crippen molar-refractivity contribution in [3.63, 3.8) is 0 Å². The van der Waals surface area contributed by atoms with E-state index in [1.54, 1.807) is 10.9 Å². The van der Waals surface area contributed by atoms with Crippen molar-refractivity contribution in [2.24, 2.45) is 0 Å². The molecule has 1 fully saturated rings. The third kappa shape index (κ3) is 3.61. The predicted molar refractivity (Wildman–Crippen MR) is 101 cm³/mol. The van der Waals surface area contributed by atoms with Gasteiger partial charge < -0.3 is 0 Å². The lowest BCUT2D eigenvalue weighted by atomic mass is 9.92. The van der Waals surface area contributed by atoms with Gasteiger partial charge in [0.05, 0.1) is 0 Å². The third-order valence-corrected chi connectivity index (χ3v) is 6.47. The van der Waals surface area contributed by atoms with Crippen LogP contribution >= 0.6 is 8.58 Å². The van der Waals surface area contributed by atoms with Crippen molar-refractivity contribution in [1.29, 1.82) is 0 Å². The molecule has 0 radical (unpaired) electrons. The molecule has 22 heavy (non-hydrogen) atoms. The maximum absolute atomic E-state index is 2.38. The van der Waals surface area contributed by atoms with E-state index in [9.17, 15) is 0 Å². The molecule has 0 aliphatic heterocycles. The lowest BCUT2D eigenvalue weighted by Gasteiger charge is -2.25. The van der Waals surface area contributed by atoms with E-state index < -0.39 is 0 Å². The Hall–Kier alpha value is -1.13. The Morgan fingerprint density at radius 1 is 0.864 bits per heavy atom. The van der Waals surface area contributed by atoms with Crippen LogP contribution in [-0.2, 0) is 0 Å². The minimum Gasteiger partial charge on any atom is -0.0869 e. The normalized spacial score (nSPS) is 16.7. The van der Waals surface area contributed by atoms with Crippen molar-refractivity contribution in [2.45, 2.75) is 57.5 Å². The van der Waals surface area contributed by atoms with Gasteiger partial charge in [-0.05, 0) is 46.4 Å². The van der Waals surface area contributed by atoms with E-state index in [-0.39, 0.29) is 0 Å². The summed E-state index contributed by atoms with van der Waals surface area (Å²) in [6.07, 6.45) is 7.19. The quantitative estimate of drug-likeness (QED) is 0.597. The minimum absolute atomic E-state index is 0.586. The first-order valence-corrected chi connectivity index (χ1v) is 9.78. The first-order valence-electron chi connectivity index (χ1n) is 8.70. The fourth-order valence-electron chi connectivity index (χ4n) is 3.65. The van der Waals surface area contributed by atoms with Crippen LogP contribution in [0.5, 0.6) is 0 Å². The molecule has 0 aromatic heterocycles. The molecule has 0 nitrogen and oxygen atoms in total. The van der Waals surface area contributed by atoms with Gasteiger partial charge in [-0.2, -0.15) is 0 Å². The van der Waals surface area contributed by atoms with Crippen LogP contribution in [0.2, 0.25) is 0 Å². The van der Waals surface area contributed by atoms with Crippen LogP contribution in [0.15, 0.2) is 48.5 Å². The average molecular weight is 310 g/mol. The van der Waals surface area contributed by atoms with Crippen LogP contribution in [0.3, 0.4) is 0 Å². The van der Waals surface area contributed by atoms with E-state index in [0.717, 1.165) is 14.2 Å². The van der Waals surface area contributed by atoms with Gasteiger partial charge in [0.1, 0.15) is 0 Å². The minimum atomic E-state index is 0.586. The highest BCUT2D eigenvalue weighted by atomic mass is 31.1. The molecule has 0 saturated heterocycles. The second-order valence-electron chi connectivity index (χ2n) is 6.77. The maximum atomic E-state index is 2.38. The predicted octanol–water partition coefficient (Wildman–Crippen LogP) is 6.11. The molecule has 1 saturated carbocycles. The van der Waals surface area contributed by atoms with Crippen molar-refractivity contribution in [3.05, 3.63) is 54.1 Å². The van der Waals surface area contributed by atoms with Gasteiger partial charge in [-0.15, -0.1) is 0 Å². The Morgan fingerprint density at radius 2 is 1.59 bits per heavy atom. The van der Waals surface area contributed by atoms with Crippen LogP contribution in [-0.4, -0.2) is 5.66 Å². The summed E-state index contributed by atoms with van der Waals surface area (Å²) >= 11 is 0. The molecule has 2 aromatic carbocycles. The Bertz CT molecular complexity index is 595. The molecular weight excluding hydrogens is 283 g/mol. The smallest absolute Gasteiger partial charge is 0.0143 e. The molecule has 0 amide bonds. The van der Waals surface area contributed by atoms with E-state index in [4.69, 9.17) is 0 Å². The van der Waals surface area contributed by atoms with Gasteiger partial charge in [-0.3, -0.25) is 0 Å². The number of rotatable bonds is 4. The second-order valence-corrected chi connectivity index (χ2v) is 8.41. The monoisotopic (exact) mass is 310 g/mol. The van der Waals surface area contributed by atoms with E-state index in [0.29, 0.717) is 5.92 Å². The Kier molecular flexibility index (Phi) is 5.32. The highest BCUT2D eigenvalue weighted by Gasteiger charge is 2.18. The number of hydrogen-bond donors (Lipinski definition) is 0. The van der Waals surface area contributed by atoms with Gasteiger partial charge in [0.15, 0.2) is 0 Å². The highest BCUT2D eigenvalue weighted by molar-refractivity contribution is 7.48. The molecule has 1 unspecified atom stereocenters. The van der Waals surface area contributed by atoms with Gasteiger partial charge >= 0.3 is 0 Å². The summed E-state index contributed by atoms with van der Waals surface area (Å²) in [5.41, 5.74) is 5.31.